The van der Waals surface area contributed by atoms with Gasteiger partial charge >= 0.3 is 0 Å². The molecular weight excluding hydrogens is 153 g/mol. The maximum Gasteiger partial charge on any atom is 0.117 e. The summed E-state index contributed by atoms with van der Waals surface area (Å²) < 4.78 is 11.4. The summed E-state index contributed by atoms with van der Waals surface area (Å²) in [5.41, 5.74) is 0.343. The molecule has 0 aromatic carbocycles. The van der Waals surface area contributed by atoms with Gasteiger partial charge in [0.25, 0.3) is 0 Å². The van der Waals surface area contributed by atoms with Crippen molar-refractivity contribution in [1.82, 2.24) is 4.98 Å². The molecule has 1 aromatic heterocycles. The van der Waals surface area contributed by atoms with Crippen LogP contribution in [0.4, 0.5) is 4.39 Å². The molecule has 0 fully saturated rings. The first-order chi connectivity index (χ1) is 4.83. The van der Waals surface area contributed by atoms with Crippen LogP contribution in [-0.2, 0) is 0 Å². The highest BCUT2D eigenvalue weighted by molar-refractivity contribution is 6.30. The van der Waals surface area contributed by atoms with Gasteiger partial charge < -0.3 is 0 Å². The van der Waals surface area contributed by atoms with Crippen LogP contribution in [-0.4, -0.2) is 4.98 Å². The molecule has 0 bridgehead atoms. The second-order valence-corrected chi connectivity index (χ2v) is 2.02. The van der Waals surface area contributed by atoms with Crippen molar-refractivity contribution in [3.8, 4) is 12.1 Å². The van der Waals surface area contributed by atoms with Gasteiger partial charge in [-0.2, -0.15) is 0 Å². The van der Waals surface area contributed by atoms with Crippen LogP contribution >= 0.6 is 11.6 Å². The predicted molar refractivity (Wildman–Crippen MR) is 37.2 cm³/mol. The Balaban J connectivity index is 3.03. The summed E-state index contributed by atoms with van der Waals surface area (Å²) in [7, 11) is 0. The van der Waals surface area contributed by atoms with Gasteiger partial charge in [0, 0.05) is 11.2 Å². The first-order valence-electron chi connectivity index (χ1n) is 2.56. The van der Waals surface area contributed by atoms with E-state index in [9.17, 15) is 4.39 Å². The molecule has 0 unspecified atom stereocenters. The zero-order valence-corrected chi connectivity index (χ0v) is 5.69. The first kappa shape index (κ1) is 7.04. The van der Waals surface area contributed by atoms with E-state index in [0.29, 0.717) is 10.7 Å². The zero-order chi connectivity index (χ0) is 7.40. The highest BCUT2D eigenvalue weighted by Gasteiger charge is 1.88. The van der Waals surface area contributed by atoms with Crippen molar-refractivity contribution in [2.24, 2.45) is 0 Å². The molecule has 0 atom stereocenters. The molecule has 0 spiro atoms. The van der Waals surface area contributed by atoms with Gasteiger partial charge in [-0.25, -0.2) is 4.98 Å². The summed E-state index contributed by atoms with van der Waals surface area (Å²) in [6.07, 6.45) is 2.71. The fourth-order valence-electron chi connectivity index (χ4n) is 0.522. The van der Waals surface area contributed by atoms with Crippen molar-refractivity contribution in [3.63, 3.8) is 0 Å². The lowest BCUT2D eigenvalue weighted by atomic mass is 10.4. The third-order valence-electron chi connectivity index (χ3n) is 0.897. The molecule has 0 aliphatic heterocycles. The molecule has 50 valence electrons. The minimum atomic E-state index is 0.343. The Kier molecular flexibility index (Phi) is 2.24. The fourth-order valence-corrected chi connectivity index (χ4v) is 0.681. The van der Waals surface area contributed by atoms with Crippen molar-refractivity contribution in [2.45, 2.75) is 0 Å². The van der Waals surface area contributed by atoms with E-state index in [4.69, 9.17) is 11.6 Å². The number of halogens is 2. The lowest BCUT2D eigenvalue weighted by Gasteiger charge is -1.87. The fraction of sp³-hybridized carbons (Fsp3) is 0. The Morgan fingerprint density at radius 3 is 3.00 bits per heavy atom. The smallest absolute Gasteiger partial charge is 0.117 e. The van der Waals surface area contributed by atoms with E-state index in [0.717, 1.165) is 0 Å². The average molecular weight is 156 g/mol. The van der Waals surface area contributed by atoms with Crippen molar-refractivity contribution in [1.29, 1.82) is 0 Å². The van der Waals surface area contributed by atoms with Gasteiger partial charge in [-0.15, -0.1) is 4.39 Å². The average Bonchev–Trinajstić information content (AvgIpc) is 1.88. The van der Waals surface area contributed by atoms with E-state index in [1.807, 2.05) is 0 Å². The Labute approximate surface area is 62.8 Å². The third kappa shape index (κ3) is 1.71. The van der Waals surface area contributed by atoms with Gasteiger partial charge in [0.15, 0.2) is 0 Å². The molecule has 1 aromatic rings. The van der Waals surface area contributed by atoms with E-state index in [1.54, 1.807) is 6.07 Å². The zero-order valence-electron chi connectivity index (χ0n) is 4.94. The monoisotopic (exact) mass is 155 g/mol. The molecule has 0 aliphatic carbocycles. The van der Waals surface area contributed by atoms with Crippen molar-refractivity contribution >= 4 is 11.6 Å². The van der Waals surface area contributed by atoms with E-state index in [-0.39, 0.29) is 0 Å². The first-order valence-corrected chi connectivity index (χ1v) is 2.94. The van der Waals surface area contributed by atoms with Gasteiger partial charge in [-0.1, -0.05) is 11.6 Å². The van der Waals surface area contributed by atoms with E-state index in [1.165, 1.54) is 18.4 Å². The lowest BCUT2D eigenvalue weighted by molar-refractivity contribution is 0.773. The molecule has 0 aliphatic rings. The highest BCUT2D eigenvalue weighted by atomic mass is 35.5. The van der Waals surface area contributed by atoms with Crippen LogP contribution < -0.4 is 0 Å². The SMILES string of the molecule is FC#Cc1cc(Cl)ccn1. The molecule has 1 rings (SSSR count). The van der Waals surface area contributed by atoms with Crippen molar-refractivity contribution < 1.29 is 4.39 Å². The number of rotatable bonds is 0. The maximum atomic E-state index is 11.4. The Bertz CT molecular complexity index is 287. The number of pyridine rings is 1. The summed E-state index contributed by atoms with van der Waals surface area (Å²) in [5, 5.41) is 0.507. The number of hydrogen-bond donors (Lipinski definition) is 0. The molecule has 0 amide bonds. The molecule has 0 N–H and O–H groups in total. The maximum absolute atomic E-state index is 11.4. The second kappa shape index (κ2) is 3.19. The van der Waals surface area contributed by atoms with Crippen LogP contribution in [0.3, 0.4) is 0 Å². The van der Waals surface area contributed by atoms with Crippen LogP contribution in [0.25, 0.3) is 0 Å². The third-order valence-corrected chi connectivity index (χ3v) is 1.13. The summed E-state index contributed by atoms with van der Waals surface area (Å²) in [6, 6.07) is 3.10. The molecule has 0 saturated heterocycles. The van der Waals surface area contributed by atoms with E-state index in [2.05, 4.69) is 10.9 Å². The van der Waals surface area contributed by atoms with Crippen molar-refractivity contribution in [3.05, 3.63) is 29.0 Å². The molecule has 1 nitrogen and oxygen atoms in total. The standard InChI is InChI=1S/C7H3ClFN/c8-6-2-4-10-7(5-6)1-3-9/h2,4-5H. The molecule has 1 heterocycles. The number of hydrogen-bond acceptors (Lipinski definition) is 1. The molecule has 0 radical (unpaired) electrons. The van der Waals surface area contributed by atoms with Gasteiger partial charge in [-0.3, -0.25) is 0 Å². The Morgan fingerprint density at radius 2 is 2.40 bits per heavy atom. The van der Waals surface area contributed by atoms with Gasteiger partial charge in [0.1, 0.15) is 11.9 Å². The van der Waals surface area contributed by atoms with Crippen LogP contribution in [0.15, 0.2) is 18.3 Å². The second-order valence-electron chi connectivity index (χ2n) is 1.58. The Hall–Kier alpha value is -1.07. The number of aromatic nitrogens is 1. The van der Waals surface area contributed by atoms with Crippen LogP contribution in [0.5, 0.6) is 0 Å². The molecule has 0 saturated carbocycles. The minimum Gasteiger partial charge on any atom is -0.248 e. The lowest BCUT2D eigenvalue weighted by Crippen LogP contribution is -1.78. The summed E-state index contributed by atoms with van der Waals surface area (Å²) in [4.78, 5) is 3.73. The summed E-state index contributed by atoms with van der Waals surface area (Å²) in [6.45, 7) is 0. The van der Waals surface area contributed by atoms with Crippen LogP contribution in [0.1, 0.15) is 5.69 Å². The largest absolute Gasteiger partial charge is 0.248 e. The van der Waals surface area contributed by atoms with E-state index < -0.39 is 0 Å². The van der Waals surface area contributed by atoms with Crippen LogP contribution in [0, 0.1) is 12.1 Å². The van der Waals surface area contributed by atoms with Gasteiger partial charge in [0.05, 0.1) is 0 Å². The topological polar surface area (TPSA) is 12.9 Å². The summed E-state index contributed by atoms with van der Waals surface area (Å²) >= 11 is 5.55. The minimum absolute atomic E-state index is 0.343. The highest BCUT2D eigenvalue weighted by Crippen LogP contribution is 2.06. The normalized spacial score (nSPS) is 8.20. The molecular formula is C7H3ClFN. The van der Waals surface area contributed by atoms with Gasteiger partial charge in [0.2, 0.25) is 0 Å². The molecule has 10 heavy (non-hydrogen) atoms. The van der Waals surface area contributed by atoms with Crippen molar-refractivity contribution in [2.75, 3.05) is 0 Å². The quantitative estimate of drug-likeness (QED) is 0.523. The van der Waals surface area contributed by atoms with E-state index >= 15 is 0 Å². The van der Waals surface area contributed by atoms with Gasteiger partial charge in [-0.05, 0) is 18.1 Å². The predicted octanol–water partition coefficient (Wildman–Crippen LogP) is 2.01. The number of nitrogens with zero attached hydrogens (tertiary/aromatic N) is 1. The summed E-state index contributed by atoms with van der Waals surface area (Å²) in [5.74, 6) is 2.14. The Morgan fingerprint density at radius 1 is 1.60 bits per heavy atom. The van der Waals surface area contributed by atoms with Crippen LogP contribution in [0.2, 0.25) is 5.02 Å². The molecule has 3 heteroatoms.